The van der Waals surface area contributed by atoms with E-state index in [1.807, 2.05) is 12.1 Å². The van der Waals surface area contributed by atoms with E-state index in [-0.39, 0.29) is 16.9 Å². The minimum Gasteiger partial charge on any atom is -0.494 e. The monoisotopic (exact) mass is 432 g/mol. The second-order valence-corrected chi connectivity index (χ2v) is 9.07. The van der Waals surface area contributed by atoms with Crippen molar-refractivity contribution in [1.29, 1.82) is 0 Å². The largest absolute Gasteiger partial charge is 0.494 e. The highest BCUT2D eigenvalue weighted by Crippen LogP contribution is 2.40. The summed E-state index contributed by atoms with van der Waals surface area (Å²) in [5.74, 6) is 1.04. The van der Waals surface area contributed by atoms with Crippen LogP contribution in [0.2, 0.25) is 0 Å². The van der Waals surface area contributed by atoms with Crippen molar-refractivity contribution in [2.75, 3.05) is 17.7 Å². The summed E-state index contributed by atoms with van der Waals surface area (Å²) in [4.78, 5) is 32.5. The number of methoxy groups -OCH3 is 1. The van der Waals surface area contributed by atoms with Crippen LogP contribution in [0.5, 0.6) is 5.75 Å². The van der Waals surface area contributed by atoms with Gasteiger partial charge in [-0.1, -0.05) is 20.8 Å². The summed E-state index contributed by atoms with van der Waals surface area (Å²) in [6.45, 7) is 6.18. The molecule has 4 rings (SSSR count). The standard InChI is InChI=1S/C25H28N4O3/c1-25(2,3)19-12-16(18-6-5-11-26-24(18)31)13-20(22(19)32-4)29-23(30)15-7-10-21(27-14-15)28-17-8-9-17/h5-7,10-14,17H,8-9H2,1-4H3,(H,26,31)(H,27,28)(H,29,30). The number of pyridine rings is 2. The van der Waals surface area contributed by atoms with Crippen molar-refractivity contribution in [1.82, 2.24) is 9.97 Å². The van der Waals surface area contributed by atoms with Crippen LogP contribution in [-0.2, 0) is 5.41 Å². The Morgan fingerprint density at radius 2 is 1.97 bits per heavy atom. The van der Waals surface area contributed by atoms with E-state index in [9.17, 15) is 9.59 Å². The molecule has 1 aliphatic rings. The molecule has 0 unspecified atom stereocenters. The highest BCUT2D eigenvalue weighted by Gasteiger charge is 2.25. The molecule has 7 nitrogen and oxygen atoms in total. The maximum absolute atomic E-state index is 13.0. The zero-order valence-corrected chi connectivity index (χ0v) is 18.8. The molecule has 0 aliphatic heterocycles. The molecule has 7 heteroatoms. The highest BCUT2D eigenvalue weighted by atomic mass is 16.5. The molecule has 1 fully saturated rings. The van der Waals surface area contributed by atoms with E-state index in [0.717, 1.165) is 24.2 Å². The van der Waals surface area contributed by atoms with Gasteiger partial charge in [0.1, 0.15) is 11.6 Å². The lowest BCUT2D eigenvalue weighted by atomic mass is 9.84. The number of benzene rings is 1. The van der Waals surface area contributed by atoms with E-state index in [4.69, 9.17) is 4.74 Å². The number of aromatic nitrogens is 2. The first-order chi connectivity index (χ1) is 15.3. The molecule has 1 aromatic carbocycles. The Morgan fingerprint density at radius 1 is 1.19 bits per heavy atom. The van der Waals surface area contributed by atoms with Crippen LogP contribution in [0.15, 0.2) is 53.6 Å². The van der Waals surface area contributed by atoms with Crippen molar-refractivity contribution in [3.05, 3.63) is 70.3 Å². The summed E-state index contributed by atoms with van der Waals surface area (Å²) in [7, 11) is 1.58. The summed E-state index contributed by atoms with van der Waals surface area (Å²) in [5, 5.41) is 6.27. The Hall–Kier alpha value is -3.61. The van der Waals surface area contributed by atoms with Gasteiger partial charge in [-0.3, -0.25) is 9.59 Å². The number of nitrogens with one attached hydrogen (secondary N) is 3. The van der Waals surface area contributed by atoms with Crippen LogP contribution in [0.3, 0.4) is 0 Å². The number of rotatable bonds is 6. The van der Waals surface area contributed by atoms with Crippen LogP contribution in [-0.4, -0.2) is 29.0 Å². The van der Waals surface area contributed by atoms with Crippen molar-refractivity contribution in [2.45, 2.75) is 45.1 Å². The van der Waals surface area contributed by atoms with E-state index >= 15 is 0 Å². The smallest absolute Gasteiger partial charge is 0.257 e. The van der Waals surface area contributed by atoms with Crippen molar-refractivity contribution < 1.29 is 9.53 Å². The van der Waals surface area contributed by atoms with Crippen molar-refractivity contribution in [2.24, 2.45) is 0 Å². The molecule has 0 saturated heterocycles. The van der Waals surface area contributed by atoms with E-state index in [1.165, 1.54) is 0 Å². The van der Waals surface area contributed by atoms with Gasteiger partial charge in [-0.15, -0.1) is 0 Å². The lowest BCUT2D eigenvalue weighted by molar-refractivity contribution is 0.102. The maximum atomic E-state index is 13.0. The second-order valence-electron chi connectivity index (χ2n) is 9.07. The zero-order valence-electron chi connectivity index (χ0n) is 18.8. The molecule has 0 atom stereocenters. The lowest BCUT2D eigenvalue weighted by Gasteiger charge is -2.25. The maximum Gasteiger partial charge on any atom is 0.257 e. The van der Waals surface area contributed by atoms with Gasteiger partial charge in [-0.2, -0.15) is 0 Å². The van der Waals surface area contributed by atoms with Crippen LogP contribution >= 0.6 is 0 Å². The average molecular weight is 433 g/mol. The Labute approximate surface area is 187 Å². The number of hydrogen-bond donors (Lipinski definition) is 3. The third kappa shape index (κ3) is 4.66. The minimum absolute atomic E-state index is 0.197. The van der Waals surface area contributed by atoms with Crippen LogP contribution < -0.4 is 20.9 Å². The molecule has 0 radical (unpaired) electrons. The number of carbonyl (C=O) groups is 1. The first kappa shape index (κ1) is 21.6. The van der Waals surface area contributed by atoms with E-state index in [2.05, 4.69) is 41.4 Å². The average Bonchev–Trinajstić information content (AvgIpc) is 3.57. The fraction of sp³-hybridized carbons (Fsp3) is 0.320. The van der Waals surface area contributed by atoms with Crippen molar-refractivity contribution in [3.8, 4) is 16.9 Å². The Morgan fingerprint density at radius 3 is 2.56 bits per heavy atom. The van der Waals surface area contributed by atoms with Gasteiger partial charge in [-0.25, -0.2) is 4.98 Å². The summed E-state index contributed by atoms with van der Waals surface area (Å²) in [5.41, 5.74) is 2.58. The van der Waals surface area contributed by atoms with Gasteiger partial charge in [0.05, 0.1) is 18.4 Å². The number of ether oxygens (including phenoxy) is 1. The number of hydrogen-bond acceptors (Lipinski definition) is 5. The summed E-state index contributed by atoms with van der Waals surface area (Å²) >= 11 is 0. The SMILES string of the molecule is COc1c(NC(=O)c2ccc(NC3CC3)nc2)cc(-c2ccc[nH]c2=O)cc1C(C)(C)C. The van der Waals surface area contributed by atoms with Gasteiger partial charge >= 0.3 is 0 Å². The van der Waals surface area contributed by atoms with E-state index in [0.29, 0.717) is 34.2 Å². The second kappa shape index (κ2) is 8.49. The minimum atomic E-state index is -0.298. The first-order valence-corrected chi connectivity index (χ1v) is 10.7. The molecule has 0 bridgehead atoms. The Balaban J connectivity index is 1.71. The molecule has 32 heavy (non-hydrogen) atoms. The summed E-state index contributed by atoms with van der Waals surface area (Å²) in [6, 6.07) is 11.3. The van der Waals surface area contributed by atoms with Crippen LogP contribution in [0.4, 0.5) is 11.5 Å². The van der Waals surface area contributed by atoms with Crippen LogP contribution in [0.25, 0.3) is 11.1 Å². The number of nitrogens with zero attached hydrogens (tertiary/aromatic N) is 1. The predicted molar refractivity (Wildman–Crippen MR) is 127 cm³/mol. The molecule has 2 aromatic heterocycles. The molecular weight excluding hydrogens is 404 g/mol. The summed E-state index contributed by atoms with van der Waals surface area (Å²) in [6.07, 6.45) is 5.46. The van der Waals surface area contributed by atoms with Crippen molar-refractivity contribution in [3.63, 3.8) is 0 Å². The Bertz CT molecular complexity index is 1190. The van der Waals surface area contributed by atoms with Gasteiger partial charge in [-0.05, 0) is 60.2 Å². The third-order valence-corrected chi connectivity index (χ3v) is 5.43. The van der Waals surface area contributed by atoms with Gasteiger partial charge in [0.2, 0.25) is 0 Å². The molecular formula is C25H28N4O3. The first-order valence-electron chi connectivity index (χ1n) is 10.7. The number of aromatic amines is 1. The van der Waals surface area contributed by atoms with Crippen LogP contribution in [0.1, 0.15) is 49.5 Å². The predicted octanol–water partition coefficient (Wildman–Crippen LogP) is 4.57. The number of anilines is 2. The molecule has 3 aromatic rings. The summed E-state index contributed by atoms with van der Waals surface area (Å²) < 4.78 is 5.70. The van der Waals surface area contributed by atoms with Crippen molar-refractivity contribution >= 4 is 17.4 Å². The topological polar surface area (TPSA) is 96.1 Å². The molecule has 166 valence electrons. The van der Waals surface area contributed by atoms with E-state index < -0.39 is 0 Å². The number of H-pyrrole nitrogens is 1. The highest BCUT2D eigenvalue weighted by molar-refractivity contribution is 6.05. The van der Waals surface area contributed by atoms with Crippen LogP contribution in [0, 0.1) is 0 Å². The van der Waals surface area contributed by atoms with E-state index in [1.54, 1.807) is 43.8 Å². The van der Waals surface area contributed by atoms with Gasteiger partial charge < -0.3 is 20.4 Å². The fourth-order valence-electron chi connectivity index (χ4n) is 3.55. The third-order valence-electron chi connectivity index (χ3n) is 5.43. The zero-order chi connectivity index (χ0) is 22.9. The molecule has 1 saturated carbocycles. The van der Waals surface area contributed by atoms with Gasteiger partial charge in [0.15, 0.2) is 0 Å². The fourth-order valence-corrected chi connectivity index (χ4v) is 3.55. The Kier molecular flexibility index (Phi) is 5.74. The number of amides is 1. The molecule has 1 aliphatic carbocycles. The van der Waals surface area contributed by atoms with Gasteiger partial charge in [0, 0.05) is 29.6 Å². The van der Waals surface area contributed by atoms with Gasteiger partial charge in [0.25, 0.3) is 11.5 Å². The normalized spacial score (nSPS) is 13.5. The number of carbonyl (C=O) groups excluding carboxylic acids is 1. The lowest BCUT2D eigenvalue weighted by Crippen LogP contribution is -2.18. The molecule has 2 heterocycles. The molecule has 1 amide bonds. The quantitative estimate of drug-likeness (QED) is 0.530. The molecule has 0 spiro atoms. The molecule has 3 N–H and O–H groups in total.